The summed E-state index contributed by atoms with van der Waals surface area (Å²) in [7, 11) is 0. The largest absolute Gasteiger partial charge is 0.343 e. The quantitative estimate of drug-likeness (QED) is 0.652. The van der Waals surface area contributed by atoms with Gasteiger partial charge in [0.1, 0.15) is 11.6 Å². The number of rotatable bonds is 7. The van der Waals surface area contributed by atoms with Gasteiger partial charge in [-0.05, 0) is 32.6 Å². The molecule has 0 aliphatic carbocycles. The first-order valence-electron chi connectivity index (χ1n) is 11.8. The molecule has 0 aromatic carbocycles. The molecule has 9 nitrogen and oxygen atoms in total. The van der Waals surface area contributed by atoms with Crippen molar-refractivity contribution in [2.45, 2.75) is 78.1 Å². The van der Waals surface area contributed by atoms with Gasteiger partial charge in [-0.1, -0.05) is 19.0 Å². The lowest BCUT2D eigenvalue weighted by Crippen LogP contribution is -2.39. The molecule has 2 aromatic heterocycles. The van der Waals surface area contributed by atoms with E-state index in [-0.39, 0.29) is 17.7 Å². The van der Waals surface area contributed by atoms with E-state index in [0.717, 1.165) is 48.6 Å². The minimum atomic E-state index is 0.113. The van der Waals surface area contributed by atoms with Gasteiger partial charge in [0.05, 0.1) is 0 Å². The summed E-state index contributed by atoms with van der Waals surface area (Å²) < 4.78 is 5.18. The van der Waals surface area contributed by atoms with Crippen molar-refractivity contribution in [3.05, 3.63) is 28.8 Å². The molecule has 32 heavy (non-hydrogen) atoms. The van der Waals surface area contributed by atoms with Gasteiger partial charge in [-0.15, -0.1) is 0 Å². The van der Waals surface area contributed by atoms with Gasteiger partial charge in [0, 0.05) is 62.5 Å². The standard InChI is InChI=1S/C23H32N6O3/c1-4-12-29-21(31)8-6-17-15(3)24-22(26-23(17)29)16-10-13-28(14-11-16)20(30)9-7-19-25-18(5-2)27-32-19/h16H,4-14H2,1-3H3. The molecule has 0 spiro atoms. The Bertz CT molecular complexity index is 980. The first-order chi connectivity index (χ1) is 15.5. The second-order valence-corrected chi connectivity index (χ2v) is 8.63. The van der Waals surface area contributed by atoms with Crippen LogP contribution < -0.4 is 4.90 Å². The van der Waals surface area contributed by atoms with Crippen LogP contribution in [0.25, 0.3) is 0 Å². The Balaban J connectivity index is 1.38. The Morgan fingerprint density at radius 2 is 1.91 bits per heavy atom. The zero-order chi connectivity index (χ0) is 22.7. The molecular weight excluding hydrogens is 408 g/mol. The summed E-state index contributed by atoms with van der Waals surface area (Å²) in [5.74, 6) is 3.27. The van der Waals surface area contributed by atoms with Crippen LogP contribution in [-0.4, -0.2) is 56.5 Å². The zero-order valence-corrected chi connectivity index (χ0v) is 19.3. The topological polar surface area (TPSA) is 105 Å². The van der Waals surface area contributed by atoms with Crippen molar-refractivity contribution in [2.75, 3.05) is 24.5 Å². The van der Waals surface area contributed by atoms with E-state index in [4.69, 9.17) is 14.5 Å². The maximum atomic E-state index is 12.6. The minimum absolute atomic E-state index is 0.113. The van der Waals surface area contributed by atoms with Gasteiger partial charge >= 0.3 is 0 Å². The number of aryl methyl sites for hydroxylation is 3. The molecule has 0 atom stereocenters. The molecular formula is C23H32N6O3. The molecule has 2 aromatic rings. The highest BCUT2D eigenvalue weighted by atomic mass is 16.5. The number of piperidine rings is 1. The lowest BCUT2D eigenvalue weighted by Gasteiger charge is -2.33. The number of carbonyl (C=O) groups is 2. The summed E-state index contributed by atoms with van der Waals surface area (Å²) in [6.45, 7) is 8.12. The Morgan fingerprint density at radius 1 is 1.12 bits per heavy atom. The molecule has 2 aliphatic rings. The smallest absolute Gasteiger partial charge is 0.228 e. The van der Waals surface area contributed by atoms with Gasteiger partial charge < -0.3 is 9.42 Å². The predicted octanol–water partition coefficient (Wildman–Crippen LogP) is 2.76. The fourth-order valence-corrected chi connectivity index (χ4v) is 4.53. The van der Waals surface area contributed by atoms with Crippen molar-refractivity contribution in [3.8, 4) is 0 Å². The van der Waals surface area contributed by atoms with Gasteiger partial charge in [0.15, 0.2) is 5.82 Å². The van der Waals surface area contributed by atoms with Gasteiger partial charge in [0.2, 0.25) is 17.7 Å². The number of likely N-dealkylation sites (tertiary alicyclic amines) is 1. The van der Waals surface area contributed by atoms with E-state index < -0.39 is 0 Å². The second kappa shape index (κ2) is 9.75. The number of nitrogens with zero attached hydrogens (tertiary/aromatic N) is 6. The summed E-state index contributed by atoms with van der Waals surface area (Å²) in [6.07, 6.45) is 5.36. The van der Waals surface area contributed by atoms with Gasteiger partial charge in [-0.3, -0.25) is 14.5 Å². The van der Waals surface area contributed by atoms with Gasteiger partial charge in [0.25, 0.3) is 0 Å². The van der Waals surface area contributed by atoms with Crippen LogP contribution >= 0.6 is 0 Å². The SMILES string of the molecule is CCCN1C(=O)CCc2c(C)nc(C3CCN(C(=O)CCc4nc(CC)no4)CC3)nc21. The molecule has 4 rings (SSSR count). The van der Waals surface area contributed by atoms with E-state index in [2.05, 4.69) is 17.1 Å². The van der Waals surface area contributed by atoms with E-state index in [0.29, 0.717) is 57.0 Å². The Labute approximate surface area is 188 Å². The fourth-order valence-electron chi connectivity index (χ4n) is 4.53. The van der Waals surface area contributed by atoms with Crippen molar-refractivity contribution in [3.63, 3.8) is 0 Å². The number of carbonyl (C=O) groups excluding carboxylic acids is 2. The summed E-state index contributed by atoms with van der Waals surface area (Å²) in [4.78, 5) is 42.8. The third-order valence-corrected chi connectivity index (χ3v) is 6.39. The monoisotopic (exact) mass is 440 g/mol. The maximum absolute atomic E-state index is 12.6. The Kier molecular flexibility index (Phi) is 6.81. The molecule has 0 N–H and O–H groups in total. The highest BCUT2D eigenvalue weighted by Crippen LogP contribution is 2.32. The molecule has 0 saturated carbocycles. The molecule has 0 bridgehead atoms. The third-order valence-electron chi connectivity index (χ3n) is 6.39. The Hall–Kier alpha value is -2.84. The van der Waals surface area contributed by atoms with Crippen LogP contribution in [0.2, 0.25) is 0 Å². The van der Waals surface area contributed by atoms with Crippen LogP contribution in [0, 0.1) is 6.92 Å². The first-order valence-corrected chi connectivity index (χ1v) is 11.8. The van der Waals surface area contributed by atoms with Crippen LogP contribution in [0.15, 0.2) is 4.52 Å². The molecule has 0 radical (unpaired) electrons. The molecule has 9 heteroatoms. The van der Waals surface area contributed by atoms with Crippen LogP contribution in [0.4, 0.5) is 5.82 Å². The zero-order valence-electron chi connectivity index (χ0n) is 19.3. The van der Waals surface area contributed by atoms with Crippen molar-refractivity contribution in [2.24, 2.45) is 0 Å². The van der Waals surface area contributed by atoms with Crippen LogP contribution in [-0.2, 0) is 28.9 Å². The maximum Gasteiger partial charge on any atom is 0.228 e. The van der Waals surface area contributed by atoms with E-state index in [9.17, 15) is 9.59 Å². The van der Waals surface area contributed by atoms with E-state index in [1.807, 2.05) is 23.6 Å². The number of amides is 2. The lowest BCUT2D eigenvalue weighted by atomic mass is 9.94. The molecule has 172 valence electrons. The molecule has 4 heterocycles. The van der Waals surface area contributed by atoms with E-state index in [1.165, 1.54) is 0 Å². The van der Waals surface area contributed by atoms with Crippen molar-refractivity contribution in [1.82, 2.24) is 25.0 Å². The number of hydrogen-bond donors (Lipinski definition) is 0. The highest BCUT2D eigenvalue weighted by molar-refractivity contribution is 5.95. The van der Waals surface area contributed by atoms with E-state index >= 15 is 0 Å². The average molecular weight is 441 g/mol. The average Bonchev–Trinajstić information content (AvgIpc) is 3.27. The van der Waals surface area contributed by atoms with Gasteiger partial charge in [-0.25, -0.2) is 9.97 Å². The van der Waals surface area contributed by atoms with Crippen LogP contribution in [0.3, 0.4) is 0 Å². The van der Waals surface area contributed by atoms with Crippen molar-refractivity contribution in [1.29, 1.82) is 0 Å². The van der Waals surface area contributed by atoms with Crippen LogP contribution in [0.1, 0.15) is 80.7 Å². The highest BCUT2D eigenvalue weighted by Gasteiger charge is 2.31. The molecule has 1 saturated heterocycles. The second-order valence-electron chi connectivity index (χ2n) is 8.63. The summed E-state index contributed by atoms with van der Waals surface area (Å²) >= 11 is 0. The van der Waals surface area contributed by atoms with Crippen molar-refractivity contribution >= 4 is 17.6 Å². The number of hydrogen-bond acceptors (Lipinski definition) is 7. The molecule has 1 fully saturated rings. The first kappa shape index (κ1) is 22.4. The number of aromatic nitrogens is 4. The molecule has 2 aliphatic heterocycles. The summed E-state index contributed by atoms with van der Waals surface area (Å²) in [5.41, 5.74) is 2.07. The lowest BCUT2D eigenvalue weighted by molar-refractivity contribution is -0.132. The number of fused-ring (bicyclic) bond motifs is 1. The van der Waals surface area contributed by atoms with Crippen molar-refractivity contribution < 1.29 is 14.1 Å². The summed E-state index contributed by atoms with van der Waals surface area (Å²) in [5, 5.41) is 3.88. The summed E-state index contributed by atoms with van der Waals surface area (Å²) in [6, 6.07) is 0. The molecule has 0 unspecified atom stereocenters. The van der Waals surface area contributed by atoms with E-state index in [1.54, 1.807) is 0 Å². The Morgan fingerprint density at radius 3 is 2.59 bits per heavy atom. The predicted molar refractivity (Wildman–Crippen MR) is 118 cm³/mol. The molecule has 2 amide bonds. The minimum Gasteiger partial charge on any atom is -0.343 e. The fraction of sp³-hybridized carbons (Fsp3) is 0.652. The van der Waals surface area contributed by atoms with Gasteiger partial charge in [-0.2, -0.15) is 4.98 Å². The third kappa shape index (κ3) is 4.66. The number of anilines is 1. The van der Waals surface area contributed by atoms with Crippen LogP contribution in [0.5, 0.6) is 0 Å². The normalized spacial score (nSPS) is 17.0.